The maximum atomic E-state index is 11.6. The summed E-state index contributed by atoms with van der Waals surface area (Å²) in [4.78, 5) is 19.5. The van der Waals surface area contributed by atoms with Gasteiger partial charge in [-0.15, -0.1) is 0 Å². The highest BCUT2D eigenvalue weighted by Gasteiger charge is 2.01. The fraction of sp³-hybridized carbons (Fsp3) is 0.357. The van der Waals surface area contributed by atoms with Crippen LogP contribution in [0.2, 0.25) is 0 Å². The van der Waals surface area contributed by atoms with Crippen molar-refractivity contribution in [3.8, 4) is 0 Å². The lowest BCUT2D eigenvalue weighted by Crippen LogP contribution is -2.25. The van der Waals surface area contributed by atoms with Gasteiger partial charge in [0.2, 0.25) is 5.91 Å². The predicted molar refractivity (Wildman–Crippen MR) is 72.4 cm³/mol. The number of aryl methyl sites for hydroxylation is 1. The third-order valence-electron chi connectivity index (χ3n) is 2.86. The molecule has 0 spiro atoms. The Morgan fingerprint density at radius 2 is 2.05 bits per heavy atom. The van der Waals surface area contributed by atoms with Gasteiger partial charge in [-0.25, -0.2) is 4.98 Å². The van der Waals surface area contributed by atoms with Crippen LogP contribution < -0.4 is 5.32 Å². The number of hydrogen-bond donors (Lipinski definition) is 1. The molecule has 0 saturated carbocycles. The number of rotatable bonds is 7. The average Bonchev–Trinajstić information content (AvgIpc) is 2.93. The largest absolute Gasteiger partial charge is 0.356 e. The molecule has 0 fully saturated rings. The first-order valence-electron chi connectivity index (χ1n) is 6.46. The Balaban J connectivity index is 1.57. The van der Waals surface area contributed by atoms with E-state index in [1.165, 1.54) is 5.56 Å². The van der Waals surface area contributed by atoms with Gasteiger partial charge in [0, 0.05) is 44.3 Å². The molecule has 0 aliphatic heterocycles. The van der Waals surface area contributed by atoms with Crippen LogP contribution in [0, 0.1) is 0 Å². The van der Waals surface area contributed by atoms with E-state index in [1.54, 1.807) is 24.9 Å². The number of carbonyl (C=O) groups excluding carboxylic acids is 1. The first kappa shape index (κ1) is 13.3. The molecule has 2 aromatic rings. The number of nitrogens with one attached hydrogen (secondary N) is 1. The molecule has 19 heavy (non-hydrogen) atoms. The molecule has 5 nitrogen and oxygen atoms in total. The molecular weight excluding hydrogens is 240 g/mol. The Morgan fingerprint density at radius 3 is 2.79 bits per heavy atom. The lowest BCUT2D eigenvalue weighted by atomic mass is 10.2. The number of pyridine rings is 1. The summed E-state index contributed by atoms with van der Waals surface area (Å²) in [6.07, 6.45) is 11.2. The normalized spacial score (nSPS) is 10.3. The van der Waals surface area contributed by atoms with Gasteiger partial charge in [0.05, 0.1) is 6.33 Å². The van der Waals surface area contributed by atoms with Crippen molar-refractivity contribution in [3.63, 3.8) is 0 Å². The van der Waals surface area contributed by atoms with Crippen molar-refractivity contribution in [2.75, 3.05) is 6.54 Å². The number of imidazole rings is 1. The van der Waals surface area contributed by atoms with Crippen LogP contribution in [-0.2, 0) is 17.8 Å². The van der Waals surface area contributed by atoms with E-state index in [1.807, 2.05) is 22.9 Å². The Morgan fingerprint density at radius 1 is 1.21 bits per heavy atom. The molecule has 0 radical (unpaired) electrons. The molecular formula is C14H18N4O. The van der Waals surface area contributed by atoms with Crippen molar-refractivity contribution in [2.24, 2.45) is 0 Å². The van der Waals surface area contributed by atoms with Crippen molar-refractivity contribution in [1.82, 2.24) is 19.9 Å². The number of hydrogen-bond acceptors (Lipinski definition) is 3. The summed E-state index contributed by atoms with van der Waals surface area (Å²) >= 11 is 0. The molecule has 100 valence electrons. The second-order valence-electron chi connectivity index (χ2n) is 4.36. The fourth-order valence-corrected chi connectivity index (χ4v) is 1.83. The van der Waals surface area contributed by atoms with Gasteiger partial charge in [-0.1, -0.05) is 0 Å². The summed E-state index contributed by atoms with van der Waals surface area (Å²) in [6, 6.07) is 3.93. The van der Waals surface area contributed by atoms with E-state index >= 15 is 0 Å². The standard InChI is InChI=1S/C14H18N4O/c19-14(2-1-10-18-11-9-16-12-18)17-8-5-13-3-6-15-7-4-13/h3-4,6-7,9,11-12H,1-2,5,8,10H2,(H,17,19). The molecule has 0 aliphatic carbocycles. The molecule has 2 heterocycles. The van der Waals surface area contributed by atoms with Gasteiger partial charge in [0.25, 0.3) is 0 Å². The van der Waals surface area contributed by atoms with Crippen molar-refractivity contribution in [1.29, 1.82) is 0 Å². The Hall–Kier alpha value is -2.17. The molecule has 2 rings (SSSR count). The van der Waals surface area contributed by atoms with Gasteiger partial charge in [-0.05, 0) is 30.5 Å². The van der Waals surface area contributed by atoms with Crippen LogP contribution in [-0.4, -0.2) is 27.0 Å². The van der Waals surface area contributed by atoms with Gasteiger partial charge in [-0.3, -0.25) is 9.78 Å². The third-order valence-corrected chi connectivity index (χ3v) is 2.86. The van der Waals surface area contributed by atoms with Crippen molar-refractivity contribution in [3.05, 3.63) is 48.8 Å². The summed E-state index contributed by atoms with van der Waals surface area (Å²) < 4.78 is 1.98. The van der Waals surface area contributed by atoms with Crippen LogP contribution in [0.5, 0.6) is 0 Å². The van der Waals surface area contributed by atoms with Crippen LogP contribution in [0.3, 0.4) is 0 Å². The minimum Gasteiger partial charge on any atom is -0.356 e. The van der Waals surface area contributed by atoms with Gasteiger partial charge in [-0.2, -0.15) is 0 Å². The van der Waals surface area contributed by atoms with E-state index in [0.29, 0.717) is 13.0 Å². The minimum absolute atomic E-state index is 0.106. The zero-order valence-corrected chi connectivity index (χ0v) is 10.8. The molecule has 0 atom stereocenters. The second kappa shape index (κ2) is 7.31. The highest BCUT2D eigenvalue weighted by atomic mass is 16.1. The first-order chi connectivity index (χ1) is 9.34. The van der Waals surface area contributed by atoms with E-state index in [4.69, 9.17) is 0 Å². The zero-order chi connectivity index (χ0) is 13.3. The molecule has 0 aliphatic rings. The predicted octanol–water partition coefficient (Wildman–Crippen LogP) is 1.42. The smallest absolute Gasteiger partial charge is 0.220 e. The van der Waals surface area contributed by atoms with Gasteiger partial charge in [0.1, 0.15) is 0 Å². The van der Waals surface area contributed by atoms with E-state index in [2.05, 4.69) is 15.3 Å². The highest BCUT2D eigenvalue weighted by Crippen LogP contribution is 1.97. The summed E-state index contributed by atoms with van der Waals surface area (Å²) in [5.41, 5.74) is 1.19. The maximum Gasteiger partial charge on any atom is 0.220 e. The van der Waals surface area contributed by atoms with Gasteiger partial charge >= 0.3 is 0 Å². The molecule has 5 heteroatoms. The maximum absolute atomic E-state index is 11.6. The minimum atomic E-state index is 0.106. The Bertz CT molecular complexity index is 481. The molecule has 0 saturated heterocycles. The second-order valence-corrected chi connectivity index (χ2v) is 4.36. The zero-order valence-electron chi connectivity index (χ0n) is 10.8. The van der Waals surface area contributed by atoms with Crippen LogP contribution in [0.4, 0.5) is 0 Å². The van der Waals surface area contributed by atoms with Gasteiger partial charge < -0.3 is 9.88 Å². The van der Waals surface area contributed by atoms with Crippen molar-refractivity contribution >= 4 is 5.91 Å². The number of aromatic nitrogens is 3. The lowest BCUT2D eigenvalue weighted by molar-refractivity contribution is -0.121. The van der Waals surface area contributed by atoms with Crippen LogP contribution >= 0.6 is 0 Å². The topological polar surface area (TPSA) is 59.8 Å². The van der Waals surface area contributed by atoms with E-state index in [9.17, 15) is 4.79 Å². The highest BCUT2D eigenvalue weighted by molar-refractivity contribution is 5.75. The monoisotopic (exact) mass is 258 g/mol. The number of nitrogens with zero attached hydrogens (tertiary/aromatic N) is 3. The summed E-state index contributed by atoms with van der Waals surface area (Å²) in [5, 5.41) is 2.93. The number of amides is 1. The fourth-order valence-electron chi connectivity index (χ4n) is 1.83. The van der Waals surface area contributed by atoms with Gasteiger partial charge in [0.15, 0.2) is 0 Å². The van der Waals surface area contributed by atoms with Crippen molar-refractivity contribution in [2.45, 2.75) is 25.8 Å². The molecule has 1 amide bonds. The van der Waals surface area contributed by atoms with E-state index < -0.39 is 0 Å². The van der Waals surface area contributed by atoms with Crippen LogP contribution in [0.25, 0.3) is 0 Å². The lowest BCUT2D eigenvalue weighted by Gasteiger charge is -2.05. The SMILES string of the molecule is O=C(CCCn1ccnc1)NCCc1ccncc1. The van der Waals surface area contributed by atoms with E-state index in [-0.39, 0.29) is 5.91 Å². The van der Waals surface area contributed by atoms with Crippen LogP contribution in [0.15, 0.2) is 43.2 Å². The number of carbonyl (C=O) groups is 1. The Kier molecular flexibility index (Phi) is 5.10. The summed E-state index contributed by atoms with van der Waals surface area (Å²) in [5.74, 6) is 0.106. The Labute approximate surface area is 112 Å². The third kappa shape index (κ3) is 4.91. The van der Waals surface area contributed by atoms with Crippen molar-refractivity contribution < 1.29 is 4.79 Å². The summed E-state index contributed by atoms with van der Waals surface area (Å²) in [7, 11) is 0. The molecule has 0 bridgehead atoms. The summed E-state index contributed by atoms with van der Waals surface area (Å²) in [6.45, 7) is 1.51. The molecule has 1 N–H and O–H groups in total. The molecule has 0 unspecified atom stereocenters. The van der Waals surface area contributed by atoms with E-state index in [0.717, 1.165) is 19.4 Å². The van der Waals surface area contributed by atoms with Crippen LogP contribution in [0.1, 0.15) is 18.4 Å². The molecule has 2 aromatic heterocycles. The quantitative estimate of drug-likeness (QED) is 0.817. The molecule has 0 aromatic carbocycles. The average molecular weight is 258 g/mol. The first-order valence-corrected chi connectivity index (χ1v) is 6.46.